The van der Waals surface area contributed by atoms with Crippen molar-refractivity contribution >= 4 is 23.3 Å². The molecule has 0 saturated carbocycles. The first-order valence-corrected chi connectivity index (χ1v) is 6.88. The number of hydrogen-bond acceptors (Lipinski definition) is 3. The maximum absolute atomic E-state index is 12.3. The molecule has 19 heavy (non-hydrogen) atoms. The molecule has 0 fully saturated rings. The van der Waals surface area contributed by atoms with Gasteiger partial charge in [-0.2, -0.15) is 0 Å². The van der Waals surface area contributed by atoms with Gasteiger partial charge in [0.1, 0.15) is 5.25 Å². The van der Waals surface area contributed by atoms with E-state index in [1.165, 1.54) is 18.7 Å². The molecule has 3 heteroatoms. The van der Waals surface area contributed by atoms with Gasteiger partial charge < -0.3 is 0 Å². The number of hydrogen-bond donors (Lipinski definition) is 0. The number of ketones is 2. The van der Waals surface area contributed by atoms with E-state index in [-0.39, 0.29) is 11.6 Å². The molecule has 0 amide bonds. The topological polar surface area (TPSA) is 34.1 Å². The Labute approximate surface area is 116 Å². The second-order valence-electron chi connectivity index (χ2n) is 4.15. The van der Waals surface area contributed by atoms with E-state index in [4.69, 9.17) is 0 Å². The van der Waals surface area contributed by atoms with Crippen LogP contribution in [0.25, 0.3) is 0 Å². The van der Waals surface area contributed by atoms with Gasteiger partial charge in [-0.15, -0.1) is 11.8 Å². The SMILES string of the molecule is CC(=O)[C@H](Sc1ccccc1)C(=O)c1ccccc1. The fourth-order valence-electron chi connectivity index (χ4n) is 1.71. The van der Waals surface area contributed by atoms with Crippen molar-refractivity contribution in [3.63, 3.8) is 0 Å². The van der Waals surface area contributed by atoms with E-state index < -0.39 is 5.25 Å². The van der Waals surface area contributed by atoms with E-state index in [2.05, 4.69) is 0 Å². The third-order valence-electron chi connectivity index (χ3n) is 2.66. The van der Waals surface area contributed by atoms with Crippen LogP contribution in [0.15, 0.2) is 65.6 Å². The molecule has 0 aliphatic heterocycles. The average molecular weight is 270 g/mol. The molecule has 0 heterocycles. The first-order valence-electron chi connectivity index (χ1n) is 6.00. The first-order chi connectivity index (χ1) is 9.18. The van der Waals surface area contributed by atoms with E-state index in [0.717, 1.165) is 4.90 Å². The predicted molar refractivity (Wildman–Crippen MR) is 77.5 cm³/mol. The maximum atomic E-state index is 12.3. The Balaban J connectivity index is 2.22. The normalized spacial score (nSPS) is 11.8. The number of carbonyl (C=O) groups excluding carboxylic acids is 2. The number of Topliss-reactive ketones (excluding diaryl/α,β-unsaturated/α-hetero) is 2. The highest BCUT2D eigenvalue weighted by molar-refractivity contribution is 8.01. The second-order valence-corrected chi connectivity index (χ2v) is 5.33. The van der Waals surface area contributed by atoms with E-state index in [1.54, 1.807) is 24.3 Å². The van der Waals surface area contributed by atoms with E-state index in [0.29, 0.717) is 5.56 Å². The van der Waals surface area contributed by atoms with Gasteiger partial charge in [0, 0.05) is 10.5 Å². The second kappa shape index (κ2) is 6.34. The molecular weight excluding hydrogens is 256 g/mol. The molecule has 1 atom stereocenters. The third kappa shape index (κ3) is 3.55. The van der Waals surface area contributed by atoms with E-state index in [1.807, 2.05) is 36.4 Å². The van der Waals surface area contributed by atoms with Crippen LogP contribution in [-0.2, 0) is 4.79 Å². The Morgan fingerprint density at radius 2 is 1.42 bits per heavy atom. The minimum Gasteiger partial charge on any atom is -0.298 e. The minimum atomic E-state index is -0.676. The number of thioether (sulfide) groups is 1. The van der Waals surface area contributed by atoms with E-state index in [9.17, 15) is 9.59 Å². The molecule has 2 rings (SSSR count). The standard InChI is InChI=1S/C16H14O2S/c1-12(17)16(19-14-10-6-3-7-11-14)15(18)13-8-4-2-5-9-13/h2-11,16H,1H3/t16-/m0/s1. The summed E-state index contributed by atoms with van der Waals surface area (Å²) in [5, 5.41) is -0.676. The van der Waals surface area contributed by atoms with Crippen LogP contribution in [0.3, 0.4) is 0 Å². The number of benzene rings is 2. The summed E-state index contributed by atoms with van der Waals surface area (Å²) in [5.41, 5.74) is 0.575. The Kier molecular flexibility index (Phi) is 4.53. The molecule has 0 unspecified atom stereocenters. The van der Waals surface area contributed by atoms with Crippen LogP contribution >= 0.6 is 11.8 Å². The molecule has 0 saturated heterocycles. The van der Waals surface area contributed by atoms with Crippen LogP contribution in [0.4, 0.5) is 0 Å². The van der Waals surface area contributed by atoms with Gasteiger partial charge in [0.2, 0.25) is 0 Å². The summed E-state index contributed by atoms with van der Waals surface area (Å²) in [6.07, 6.45) is 0. The molecule has 2 aromatic rings. The summed E-state index contributed by atoms with van der Waals surface area (Å²) in [5.74, 6) is -0.260. The maximum Gasteiger partial charge on any atom is 0.183 e. The molecule has 0 aliphatic carbocycles. The number of carbonyl (C=O) groups is 2. The Hall–Kier alpha value is -1.87. The zero-order chi connectivity index (χ0) is 13.7. The fraction of sp³-hybridized carbons (Fsp3) is 0.125. The van der Waals surface area contributed by atoms with E-state index >= 15 is 0 Å². The molecule has 96 valence electrons. The molecule has 0 N–H and O–H groups in total. The van der Waals surface area contributed by atoms with Crippen molar-refractivity contribution in [3.8, 4) is 0 Å². The van der Waals surface area contributed by atoms with Crippen molar-refractivity contribution in [2.45, 2.75) is 17.1 Å². The predicted octanol–water partition coefficient (Wildman–Crippen LogP) is 3.62. The summed E-state index contributed by atoms with van der Waals surface area (Å²) in [7, 11) is 0. The summed E-state index contributed by atoms with van der Waals surface area (Å²) in [4.78, 5) is 25.0. The summed E-state index contributed by atoms with van der Waals surface area (Å²) < 4.78 is 0. The van der Waals surface area contributed by atoms with Crippen LogP contribution in [0.2, 0.25) is 0 Å². The number of rotatable bonds is 5. The quantitative estimate of drug-likeness (QED) is 0.473. The highest BCUT2D eigenvalue weighted by Crippen LogP contribution is 2.26. The highest BCUT2D eigenvalue weighted by Gasteiger charge is 2.25. The minimum absolute atomic E-state index is 0.122. The molecule has 2 nitrogen and oxygen atoms in total. The zero-order valence-corrected chi connectivity index (χ0v) is 11.4. The fourth-order valence-corrected chi connectivity index (χ4v) is 2.71. The lowest BCUT2D eigenvalue weighted by Crippen LogP contribution is -2.24. The van der Waals surface area contributed by atoms with Crippen molar-refractivity contribution in [2.75, 3.05) is 0 Å². The lowest BCUT2D eigenvalue weighted by molar-refractivity contribution is -0.115. The average Bonchev–Trinajstić information content (AvgIpc) is 2.46. The molecule has 0 bridgehead atoms. The van der Waals surface area contributed by atoms with Crippen LogP contribution in [0, 0.1) is 0 Å². The third-order valence-corrected chi connectivity index (χ3v) is 3.99. The Bertz CT molecular complexity index is 564. The molecule has 2 aromatic carbocycles. The molecular formula is C16H14O2S. The van der Waals surface area contributed by atoms with Gasteiger partial charge in [-0.3, -0.25) is 9.59 Å². The van der Waals surface area contributed by atoms with Gasteiger partial charge >= 0.3 is 0 Å². The monoisotopic (exact) mass is 270 g/mol. The van der Waals surface area contributed by atoms with Gasteiger partial charge in [-0.05, 0) is 19.1 Å². The lowest BCUT2D eigenvalue weighted by atomic mass is 10.1. The smallest absolute Gasteiger partial charge is 0.183 e. The van der Waals surface area contributed by atoms with Crippen LogP contribution in [0.5, 0.6) is 0 Å². The van der Waals surface area contributed by atoms with Crippen LogP contribution in [-0.4, -0.2) is 16.8 Å². The zero-order valence-electron chi connectivity index (χ0n) is 10.6. The van der Waals surface area contributed by atoms with Gasteiger partial charge in [0.25, 0.3) is 0 Å². The van der Waals surface area contributed by atoms with Gasteiger partial charge in [-0.25, -0.2) is 0 Å². The Morgan fingerprint density at radius 3 is 1.95 bits per heavy atom. The van der Waals surface area contributed by atoms with Gasteiger partial charge in [0.15, 0.2) is 11.6 Å². The van der Waals surface area contributed by atoms with Crippen molar-refractivity contribution in [2.24, 2.45) is 0 Å². The molecule has 0 aromatic heterocycles. The summed E-state index contributed by atoms with van der Waals surface area (Å²) in [6, 6.07) is 18.4. The summed E-state index contributed by atoms with van der Waals surface area (Å²) >= 11 is 1.30. The van der Waals surface area contributed by atoms with Crippen LogP contribution < -0.4 is 0 Å². The van der Waals surface area contributed by atoms with Crippen molar-refractivity contribution < 1.29 is 9.59 Å². The van der Waals surface area contributed by atoms with Crippen molar-refractivity contribution in [1.29, 1.82) is 0 Å². The van der Waals surface area contributed by atoms with Crippen molar-refractivity contribution in [3.05, 3.63) is 66.2 Å². The van der Waals surface area contributed by atoms with Gasteiger partial charge in [0.05, 0.1) is 0 Å². The lowest BCUT2D eigenvalue weighted by Gasteiger charge is -2.12. The largest absolute Gasteiger partial charge is 0.298 e. The summed E-state index contributed by atoms with van der Waals surface area (Å²) in [6.45, 7) is 1.46. The molecule has 0 spiro atoms. The molecule has 0 radical (unpaired) electrons. The Morgan fingerprint density at radius 1 is 0.895 bits per heavy atom. The highest BCUT2D eigenvalue weighted by atomic mass is 32.2. The molecule has 0 aliphatic rings. The van der Waals surface area contributed by atoms with Crippen LogP contribution in [0.1, 0.15) is 17.3 Å². The van der Waals surface area contributed by atoms with Gasteiger partial charge in [-0.1, -0.05) is 48.5 Å². The van der Waals surface area contributed by atoms with Crippen molar-refractivity contribution in [1.82, 2.24) is 0 Å². The first kappa shape index (κ1) is 13.6.